The van der Waals surface area contributed by atoms with E-state index in [1.54, 1.807) is 41.1 Å². The number of aliphatic carboxylic acids is 1. The highest BCUT2D eigenvalue weighted by Gasteiger charge is 2.32. The average Bonchev–Trinajstić information content (AvgIpc) is 3.45. The molecule has 0 bridgehead atoms. The van der Waals surface area contributed by atoms with Crippen LogP contribution in [-0.4, -0.2) is 40.4 Å². The molecule has 0 aliphatic heterocycles. The smallest absolute Gasteiger partial charge is 0.416 e. The van der Waals surface area contributed by atoms with Crippen molar-refractivity contribution < 1.29 is 32.6 Å². The summed E-state index contributed by atoms with van der Waals surface area (Å²) in [6, 6.07) is 22.7. The first-order valence-electron chi connectivity index (χ1n) is 13.6. The van der Waals surface area contributed by atoms with E-state index in [1.165, 1.54) is 13.2 Å². The lowest BCUT2D eigenvalue weighted by Crippen LogP contribution is -2.26. The van der Waals surface area contributed by atoms with Crippen LogP contribution in [-0.2, 0) is 11.0 Å². The number of benzene rings is 4. The van der Waals surface area contributed by atoms with E-state index < -0.39 is 29.7 Å². The molecule has 1 heterocycles. The van der Waals surface area contributed by atoms with E-state index >= 15 is 0 Å². The molecule has 5 aromatic rings. The number of carboxylic acid groups (broad SMARTS) is 1. The number of rotatable bonds is 9. The fourth-order valence-corrected chi connectivity index (χ4v) is 5.12. The van der Waals surface area contributed by atoms with Crippen molar-refractivity contribution in [3.63, 3.8) is 0 Å². The molecule has 0 radical (unpaired) electrons. The number of hydrogen-bond donors (Lipinski definition) is 2. The van der Waals surface area contributed by atoms with Gasteiger partial charge in [-0.2, -0.15) is 18.3 Å². The second kappa shape index (κ2) is 12.4. The molecule has 2 N–H and O–H groups in total. The number of hydrogen-bond acceptors (Lipinski definition) is 4. The first kappa shape index (κ1) is 30.6. The average molecular weight is 622 g/mol. The van der Waals surface area contributed by atoms with Gasteiger partial charge in [0.1, 0.15) is 5.75 Å². The summed E-state index contributed by atoms with van der Waals surface area (Å²) < 4.78 is 48.1. The Kier molecular flexibility index (Phi) is 8.64. The molecule has 44 heavy (non-hydrogen) atoms. The molecule has 226 valence electrons. The molecule has 0 fully saturated rings. The van der Waals surface area contributed by atoms with Gasteiger partial charge in [0, 0.05) is 28.3 Å². The Hall–Kier alpha value is -4.83. The lowest BCUT2D eigenvalue weighted by molar-refractivity contribution is -0.138. The Morgan fingerprint density at radius 2 is 1.68 bits per heavy atom. The zero-order valence-corrected chi connectivity index (χ0v) is 24.4. The predicted octanol–water partition coefficient (Wildman–Crippen LogP) is 7.86. The van der Waals surface area contributed by atoms with Gasteiger partial charge in [-0.25, -0.2) is 0 Å². The van der Waals surface area contributed by atoms with Crippen LogP contribution in [0.3, 0.4) is 0 Å². The maximum absolute atomic E-state index is 13.7. The van der Waals surface area contributed by atoms with Crippen LogP contribution in [0, 0.1) is 0 Å². The molecule has 0 unspecified atom stereocenters. The molecular formula is C33H27ClF3N3O4. The highest BCUT2D eigenvalue weighted by Crippen LogP contribution is 2.39. The molecule has 1 atom stereocenters. The van der Waals surface area contributed by atoms with Crippen LogP contribution in [0.5, 0.6) is 5.75 Å². The van der Waals surface area contributed by atoms with Crippen molar-refractivity contribution in [3.8, 4) is 28.3 Å². The van der Waals surface area contributed by atoms with Crippen LogP contribution in [0.2, 0.25) is 5.02 Å². The highest BCUT2D eigenvalue weighted by atomic mass is 35.5. The van der Waals surface area contributed by atoms with Gasteiger partial charge in [0.05, 0.1) is 36.5 Å². The zero-order chi connectivity index (χ0) is 31.6. The van der Waals surface area contributed by atoms with E-state index in [2.05, 4.69) is 5.32 Å². The number of nitrogens with zero attached hydrogens (tertiary/aromatic N) is 2. The summed E-state index contributed by atoms with van der Waals surface area (Å²) in [6.07, 6.45) is -4.75. The number of carbonyl (C=O) groups excluding carboxylic acids is 1. The zero-order valence-electron chi connectivity index (χ0n) is 23.7. The van der Waals surface area contributed by atoms with E-state index in [0.29, 0.717) is 22.0 Å². The largest absolute Gasteiger partial charge is 0.496 e. The number of carbonyl (C=O) groups is 2. The topological polar surface area (TPSA) is 93.5 Å². The molecular weight excluding hydrogens is 595 g/mol. The Morgan fingerprint density at radius 1 is 0.977 bits per heavy atom. The number of halogens is 4. The number of ether oxygens (including phenoxy) is 1. The van der Waals surface area contributed by atoms with Gasteiger partial charge >= 0.3 is 12.1 Å². The summed E-state index contributed by atoms with van der Waals surface area (Å²) in [5.41, 5.74) is 2.24. The second-order valence-corrected chi connectivity index (χ2v) is 10.6. The third-order valence-electron chi connectivity index (χ3n) is 7.28. The van der Waals surface area contributed by atoms with E-state index in [-0.39, 0.29) is 24.3 Å². The van der Waals surface area contributed by atoms with Crippen LogP contribution < -0.4 is 10.1 Å². The summed E-state index contributed by atoms with van der Waals surface area (Å²) in [6.45, 7) is 1.90. The van der Waals surface area contributed by atoms with Gasteiger partial charge in [0.2, 0.25) is 0 Å². The van der Waals surface area contributed by atoms with Crippen LogP contribution in [0.1, 0.15) is 40.9 Å². The highest BCUT2D eigenvalue weighted by molar-refractivity contribution is 6.31. The first-order chi connectivity index (χ1) is 20.9. The molecule has 7 nitrogen and oxygen atoms in total. The summed E-state index contributed by atoms with van der Waals surface area (Å²) in [4.78, 5) is 23.2. The van der Waals surface area contributed by atoms with Crippen molar-refractivity contribution in [1.29, 1.82) is 0 Å². The molecule has 0 aliphatic rings. The van der Waals surface area contributed by atoms with Gasteiger partial charge < -0.3 is 15.2 Å². The number of alkyl halides is 3. The number of nitrogens with one attached hydrogen (secondary N) is 1. The third kappa shape index (κ3) is 6.55. The fourth-order valence-electron chi connectivity index (χ4n) is 4.94. The fraction of sp³-hybridized carbons (Fsp3) is 0.182. The van der Waals surface area contributed by atoms with Crippen molar-refractivity contribution in [2.75, 3.05) is 13.7 Å². The molecule has 1 amide bonds. The first-order valence-corrected chi connectivity index (χ1v) is 14.0. The molecule has 5 rings (SSSR count). The number of fused-ring (bicyclic) bond motifs is 1. The van der Waals surface area contributed by atoms with Gasteiger partial charge in [-0.3, -0.25) is 14.3 Å². The molecule has 0 saturated carbocycles. The Bertz CT molecular complexity index is 1850. The molecule has 1 aromatic heterocycles. The SMILES string of the molecule is COc1ccc(C(F)(F)F)cc1-c1cc(-c2ccc3cc(Cl)ccc3c2)n([C@@H](C)c2ccc(C(=O)NCCC(=O)O)cc2)n1. The van der Waals surface area contributed by atoms with Gasteiger partial charge in [0.15, 0.2) is 0 Å². The molecule has 0 aliphatic carbocycles. The summed E-state index contributed by atoms with van der Waals surface area (Å²) >= 11 is 6.17. The van der Waals surface area contributed by atoms with Crippen molar-refractivity contribution in [1.82, 2.24) is 15.1 Å². The number of aromatic nitrogens is 2. The monoisotopic (exact) mass is 621 g/mol. The lowest BCUT2D eigenvalue weighted by atomic mass is 10.0. The molecule has 0 saturated heterocycles. The van der Waals surface area contributed by atoms with Gasteiger partial charge in [-0.15, -0.1) is 0 Å². The van der Waals surface area contributed by atoms with Crippen LogP contribution in [0.4, 0.5) is 13.2 Å². The van der Waals surface area contributed by atoms with Crippen molar-refractivity contribution in [2.24, 2.45) is 0 Å². The number of amides is 1. The maximum Gasteiger partial charge on any atom is 0.416 e. The van der Waals surface area contributed by atoms with E-state index in [9.17, 15) is 22.8 Å². The summed E-state index contributed by atoms with van der Waals surface area (Å²) in [5.74, 6) is -1.17. The van der Waals surface area contributed by atoms with E-state index in [4.69, 9.17) is 26.5 Å². The Morgan fingerprint density at radius 3 is 2.36 bits per heavy atom. The van der Waals surface area contributed by atoms with E-state index in [1.807, 2.05) is 37.3 Å². The standard InChI is InChI=1S/C33H27ClF3N3O4/c1-19(20-3-5-21(6-4-20)32(43)38-14-13-31(41)42)40-29(24-8-7-23-16-26(34)11-9-22(23)15-24)18-28(39-40)27-17-25(33(35,36)37)10-12-30(27)44-2/h3-12,15-19H,13-14H2,1-2H3,(H,38,43)(H,41,42)/t19-/m0/s1. The van der Waals surface area contributed by atoms with Crippen LogP contribution >= 0.6 is 11.6 Å². The van der Waals surface area contributed by atoms with Crippen molar-refractivity contribution >= 4 is 34.2 Å². The molecule has 0 spiro atoms. The minimum absolute atomic E-state index is 0.00269. The van der Waals surface area contributed by atoms with E-state index in [0.717, 1.165) is 34.0 Å². The molecule has 4 aromatic carbocycles. The lowest BCUT2D eigenvalue weighted by Gasteiger charge is -2.17. The van der Waals surface area contributed by atoms with Crippen molar-refractivity contribution in [3.05, 3.63) is 107 Å². The summed E-state index contributed by atoms with van der Waals surface area (Å²) in [7, 11) is 1.39. The predicted molar refractivity (Wildman–Crippen MR) is 162 cm³/mol. The van der Waals surface area contributed by atoms with Gasteiger partial charge in [-0.05, 0) is 77.9 Å². The molecule has 11 heteroatoms. The van der Waals surface area contributed by atoms with Crippen molar-refractivity contribution in [2.45, 2.75) is 25.6 Å². The van der Waals surface area contributed by atoms with Crippen LogP contribution in [0.25, 0.3) is 33.3 Å². The van der Waals surface area contributed by atoms with Crippen LogP contribution in [0.15, 0.2) is 84.9 Å². The second-order valence-electron chi connectivity index (χ2n) is 10.2. The Labute approximate surface area is 255 Å². The quantitative estimate of drug-likeness (QED) is 0.175. The minimum atomic E-state index is -4.55. The minimum Gasteiger partial charge on any atom is -0.496 e. The summed E-state index contributed by atoms with van der Waals surface area (Å²) in [5, 5.41) is 18.6. The maximum atomic E-state index is 13.7. The third-order valence-corrected chi connectivity index (χ3v) is 7.52. The normalized spacial score (nSPS) is 12.2. The number of methoxy groups -OCH3 is 1. The van der Waals surface area contributed by atoms with Gasteiger partial charge in [-0.1, -0.05) is 41.9 Å². The Balaban J connectivity index is 1.58. The van der Waals surface area contributed by atoms with Gasteiger partial charge in [0.25, 0.3) is 5.91 Å². The number of carboxylic acids is 1.